The molecule has 0 radical (unpaired) electrons. The van der Waals surface area contributed by atoms with Gasteiger partial charge in [0.25, 0.3) is 0 Å². The first-order valence-corrected chi connectivity index (χ1v) is 16.8. The Morgan fingerprint density at radius 1 is 0.702 bits per heavy atom. The highest BCUT2D eigenvalue weighted by Gasteiger charge is 2.48. The van der Waals surface area contributed by atoms with E-state index in [1.165, 1.54) is 11.8 Å². The summed E-state index contributed by atoms with van der Waals surface area (Å²) in [6.07, 6.45) is 0.520. The van der Waals surface area contributed by atoms with Crippen LogP contribution in [0.15, 0.2) is 121 Å². The second kappa shape index (κ2) is 15.9. The molecule has 0 heterocycles. The van der Waals surface area contributed by atoms with E-state index in [9.17, 15) is 19.5 Å². The number of rotatable bonds is 15. The van der Waals surface area contributed by atoms with Crippen LogP contribution in [0.2, 0.25) is 0 Å². The van der Waals surface area contributed by atoms with Gasteiger partial charge in [-0.15, -0.1) is 11.8 Å². The van der Waals surface area contributed by atoms with Crippen LogP contribution in [0.25, 0.3) is 0 Å². The number of carbonyl (C=O) groups excluding carboxylic acids is 2. The zero-order valence-electron chi connectivity index (χ0n) is 27.4. The first-order valence-electron chi connectivity index (χ1n) is 15.9. The van der Waals surface area contributed by atoms with Crippen LogP contribution in [-0.2, 0) is 25.6 Å². The molecule has 0 saturated heterocycles. The predicted octanol–water partition coefficient (Wildman–Crippen LogP) is 6.16. The molecule has 0 aliphatic heterocycles. The Balaban J connectivity index is 1.82. The maximum atomic E-state index is 14.3. The maximum Gasteiger partial charge on any atom is 0.326 e. The van der Waals surface area contributed by atoms with E-state index < -0.39 is 45.4 Å². The van der Waals surface area contributed by atoms with E-state index in [2.05, 4.69) is 47.0 Å². The Kier molecular flexibility index (Phi) is 12.0. The molecule has 0 aromatic heterocycles. The number of carboxylic acid groups (broad SMARTS) is 1. The number of aliphatic carboxylic acids is 1. The van der Waals surface area contributed by atoms with E-state index in [0.29, 0.717) is 6.42 Å². The van der Waals surface area contributed by atoms with Gasteiger partial charge in [-0.1, -0.05) is 135 Å². The van der Waals surface area contributed by atoms with Crippen molar-refractivity contribution in [1.82, 2.24) is 10.6 Å². The summed E-state index contributed by atoms with van der Waals surface area (Å²) in [7, 11) is 0. The van der Waals surface area contributed by atoms with E-state index in [1.54, 1.807) is 0 Å². The van der Waals surface area contributed by atoms with Gasteiger partial charge in [0.1, 0.15) is 12.1 Å². The molecule has 0 bridgehead atoms. The minimum Gasteiger partial charge on any atom is -0.480 e. The third-order valence-corrected chi connectivity index (χ3v) is 9.94. The number of amides is 2. The van der Waals surface area contributed by atoms with Crippen molar-refractivity contribution in [3.8, 4) is 0 Å². The molecule has 0 fully saturated rings. The Bertz CT molecular complexity index is 1500. The summed E-state index contributed by atoms with van der Waals surface area (Å²) in [6.45, 7) is 7.78. The Labute approximate surface area is 282 Å². The minimum absolute atomic E-state index is 0.0883. The largest absolute Gasteiger partial charge is 0.480 e. The summed E-state index contributed by atoms with van der Waals surface area (Å²) < 4.78 is -1.82. The number of nitrogens with two attached hydrogens (primary N) is 1. The molecule has 246 valence electrons. The van der Waals surface area contributed by atoms with Crippen LogP contribution in [0.4, 0.5) is 0 Å². The summed E-state index contributed by atoms with van der Waals surface area (Å²) in [4.78, 5) is 40.3. The SMILES string of the molecule is CC(C)C[C@H](N)C(=O)N[C@H](C(=O)N[C@@H](Cc1ccccc1)C(=O)O)C(C)(C)SC(c1ccccc1)(c1ccccc1)c1ccccc1. The normalized spacial score (nSPS) is 13.7. The highest BCUT2D eigenvalue weighted by Crippen LogP contribution is 2.54. The Hall–Kier alpha value is -4.40. The zero-order valence-corrected chi connectivity index (χ0v) is 28.2. The molecule has 5 N–H and O–H groups in total. The van der Waals surface area contributed by atoms with E-state index >= 15 is 0 Å². The second-order valence-electron chi connectivity index (χ2n) is 12.8. The fourth-order valence-electron chi connectivity index (χ4n) is 5.87. The number of hydrogen-bond acceptors (Lipinski definition) is 5. The fraction of sp³-hybridized carbons (Fsp3) is 0.308. The predicted molar refractivity (Wildman–Crippen MR) is 190 cm³/mol. The van der Waals surface area contributed by atoms with Gasteiger partial charge < -0.3 is 21.5 Å². The molecule has 47 heavy (non-hydrogen) atoms. The van der Waals surface area contributed by atoms with Crippen molar-refractivity contribution >= 4 is 29.5 Å². The van der Waals surface area contributed by atoms with Crippen molar-refractivity contribution in [2.75, 3.05) is 0 Å². The Morgan fingerprint density at radius 3 is 1.53 bits per heavy atom. The summed E-state index contributed by atoms with van der Waals surface area (Å²) >= 11 is 1.53. The lowest BCUT2D eigenvalue weighted by molar-refractivity contribution is -0.142. The lowest BCUT2D eigenvalue weighted by atomic mass is 9.84. The van der Waals surface area contributed by atoms with E-state index in [0.717, 1.165) is 22.3 Å². The maximum absolute atomic E-state index is 14.3. The second-order valence-corrected chi connectivity index (χ2v) is 14.6. The molecule has 8 heteroatoms. The molecule has 2 amide bonds. The van der Waals surface area contributed by atoms with Crippen LogP contribution < -0.4 is 16.4 Å². The third kappa shape index (κ3) is 8.90. The van der Waals surface area contributed by atoms with Crippen LogP contribution in [0, 0.1) is 5.92 Å². The average molecular weight is 652 g/mol. The van der Waals surface area contributed by atoms with Gasteiger partial charge in [-0.3, -0.25) is 9.59 Å². The van der Waals surface area contributed by atoms with Gasteiger partial charge in [-0.25, -0.2) is 4.79 Å². The number of carbonyl (C=O) groups is 3. The highest BCUT2D eigenvalue weighted by molar-refractivity contribution is 8.02. The molecule has 4 aromatic carbocycles. The van der Waals surface area contributed by atoms with Gasteiger partial charge >= 0.3 is 5.97 Å². The monoisotopic (exact) mass is 651 g/mol. The molecule has 0 aliphatic rings. The van der Waals surface area contributed by atoms with Crippen molar-refractivity contribution in [2.45, 2.75) is 68.2 Å². The summed E-state index contributed by atoms with van der Waals surface area (Å²) in [5.74, 6) is -2.07. The number of hydrogen-bond donors (Lipinski definition) is 4. The van der Waals surface area contributed by atoms with Crippen LogP contribution in [-0.4, -0.2) is 45.8 Å². The summed E-state index contributed by atoms with van der Waals surface area (Å²) in [5, 5.41) is 15.9. The summed E-state index contributed by atoms with van der Waals surface area (Å²) in [5.41, 5.74) is 10.1. The van der Waals surface area contributed by atoms with Gasteiger partial charge in [0, 0.05) is 11.2 Å². The van der Waals surface area contributed by atoms with Gasteiger partial charge in [0.15, 0.2) is 0 Å². The number of nitrogens with one attached hydrogen (secondary N) is 2. The minimum atomic E-state index is -1.21. The smallest absolute Gasteiger partial charge is 0.326 e. The summed E-state index contributed by atoms with van der Waals surface area (Å²) in [6, 6.07) is 36.1. The highest BCUT2D eigenvalue weighted by atomic mass is 32.2. The molecule has 7 nitrogen and oxygen atoms in total. The molecule has 4 aromatic rings. The number of benzene rings is 4. The molecular formula is C39H45N3O4S. The number of thioether (sulfide) groups is 1. The molecular weight excluding hydrogens is 607 g/mol. The average Bonchev–Trinajstić information content (AvgIpc) is 3.07. The molecule has 0 unspecified atom stereocenters. The van der Waals surface area contributed by atoms with Crippen molar-refractivity contribution in [3.63, 3.8) is 0 Å². The lowest BCUT2D eigenvalue weighted by Crippen LogP contribution is -2.62. The van der Waals surface area contributed by atoms with Crippen LogP contribution in [0.3, 0.4) is 0 Å². The van der Waals surface area contributed by atoms with Crippen molar-refractivity contribution in [1.29, 1.82) is 0 Å². The topological polar surface area (TPSA) is 122 Å². The molecule has 0 aliphatic carbocycles. The fourth-order valence-corrected chi connectivity index (χ4v) is 7.71. The van der Waals surface area contributed by atoms with Gasteiger partial charge in [-0.05, 0) is 48.4 Å². The standard InChI is InChI=1S/C39H45N3O4S/c1-27(2)25-32(40)35(43)42-34(36(44)41-33(37(45)46)26-28-17-9-5-10-18-28)38(3,4)47-39(29-19-11-6-12-20-29,30-21-13-7-14-22-30)31-23-15-8-16-24-31/h5-24,27,32-34H,25-26,40H2,1-4H3,(H,41,44)(H,42,43)(H,45,46)/t32-,33-,34+/m0/s1. The van der Waals surface area contributed by atoms with Crippen molar-refractivity contribution in [2.24, 2.45) is 11.7 Å². The van der Waals surface area contributed by atoms with E-state index in [-0.39, 0.29) is 12.3 Å². The van der Waals surface area contributed by atoms with Gasteiger partial charge in [0.2, 0.25) is 11.8 Å². The first kappa shape index (κ1) is 35.5. The first-order chi connectivity index (χ1) is 22.4. The lowest BCUT2D eigenvalue weighted by Gasteiger charge is -2.44. The third-order valence-electron chi connectivity index (χ3n) is 8.16. The van der Waals surface area contributed by atoms with Crippen LogP contribution >= 0.6 is 11.8 Å². The molecule has 4 rings (SSSR count). The van der Waals surface area contributed by atoms with Crippen molar-refractivity contribution < 1.29 is 19.5 Å². The molecule has 0 spiro atoms. The van der Waals surface area contributed by atoms with Gasteiger partial charge in [0.05, 0.1) is 10.8 Å². The molecule has 3 atom stereocenters. The Morgan fingerprint density at radius 2 is 1.13 bits per heavy atom. The van der Waals surface area contributed by atoms with E-state index in [4.69, 9.17) is 5.73 Å². The van der Waals surface area contributed by atoms with E-state index in [1.807, 2.05) is 113 Å². The van der Waals surface area contributed by atoms with Gasteiger partial charge in [-0.2, -0.15) is 0 Å². The zero-order chi connectivity index (χ0) is 34.0. The quantitative estimate of drug-likeness (QED) is 0.114. The van der Waals surface area contributed by atoms with Crippen LogP contribution in [0.1, 0.15) is 56.4 Å². The van der Waals surface area contributed by atoms with Crippen LogP contribution in [0.5, 0.6) is 0 Å². The molecule has 0 saturated carbocycles. The van der Waals surface area contributed by atoms with Crippen molar-refractivity contribution in [3.05, 3.63) is 144 Å². The number of carboxylic acids is 1.